The highest BCUT2D eigenvalue weighted by Crippen LogP contribution is 2.41. The number of hydrogen-bond donors (Lipinski definition) is 1. The molecule has 0 saturated carbocycles. The summed E-state index contributed by atoms with van der Waals surface area (Å²) in [4.78, 5) is 2.01. The number of benzene rings is 2. The van der Waals surface area contributed by atoms with Crippen LogP contribution < -0.4 is 10.1 Å². The Kier molecular flexibility index (Phi) is 6.47. The summed E-state index contributed by atoms with van der Waals surface area (Å²) in [6.45, 7) is 2.69. The molecular weight excluding hydrogens is 396 g/mol. The molecule has 1 atom stereocenters. The summed E-state index contributed by atoms with van der Waals surface area (Å²) in [5, 5.41) is 3.46. The third kappa shape index (κ3) is 4.59. The summed E-state index contributed by atoms with van der Waals surface area (Å²) in [7, 11) is 1.45. The number of nitrogens with one attached hydrogen (secondary N) is 1. The minimum atomic E-state index is -4.50. The Balaban J connectivity index is 2.19. The van der Waals surface area contributed by atoms with Crippen LogP contribution in [0.3, 0.4) is 0 Å². The van der Waals surface area contributed by atoms with Crippen molar-refractivity contribution in [3.8, 4) is 5.75 Å². The normalized spacial score (nSPS) is 17.2. The van der Waals surface area contributed by atoms with Crippen LogP contribution in [0.2, 0.25) is 5.02 Å². The summed E-state index contributed by atoms with van der Waals surface area (Å²) in [6.07, 6.45) is -3.69. The highest BCUT2D eigenvalue weighted by molar-refractivity contribution is 6.31. The fourth-order valence-corrected chi connectivity index (χ4v) is 3.76. The molecular formula is C20H21ClF4N2O. The predicted molar refractivity (Wildman–Crippen MR) is 100 cm³/mol. The maximum atomic E-state index is 14.1. The van der Waals surface area contributed by atoms with Crippen molar-refractivity contribution in [2.45, 2.75) is 18.6 Å². The van der Waals surface area contributed by atoms with Gasteiger partial charge in [-0.25, -0.2) is 4.39 Å². The van der Waals surface area contributed by atoms with Crippen LogP contribution in [-0.4, -0.2) is 38.2 Å². The van der Waals surface area contributed by atoms with Gasteiger partial charge in [0.15, 0.2) is 0 Å². The van der Waals surface area contributed by atoms with Crippen LogP contribution in [0.4, 0.5) is 17.6 Å². The van der Waals surface area contributed by atoms with Gasteiger partial charge in [-0.05, 0) is 54.9 Å². The van der Waals surface area contributed by atoms with E-state index < -0.39 is 23.6 Å². The van der Waals surface area contributed by atoms with Crippen molar-refractivity contribution in [2.75, 3.05) is 33.3 Å². The minimum absolute atomic E-state index is 0.196. The number of alkyl halides is 3. The van der Waals surface area contributed by atoms with Crippen molar-refractivity contribution in [2.24, 2.45) is 0 Å². The van der Waals surface area contributed by atoms with E-state index in [-0.39, 0.29) is 10.6 Å². The molecule has 8 heteroatoms. The fraction of sp³-hybridized carbons (Fsp3) is 0.400. The monoisotopic (exact) mass is 416 g/mol. The number of halogens is 5. The first-order chi connectivity index (χ1) is 13.3. The van der Waals surface area contributed by atoms with Crippen molar-refractivity contribution in [1.29, 1.82) is 0 Å². The van der Waals surface area contributed by atoms with Gasteiger partial charge in [-0.2, -0.15) is 13.2 Å². The van der Waals surface area contributed by atoms with E-state index in [9.17, 15) is 17.6 Å². The second-order valence-corrected chi connectivity index (χ2v) is 7.07. The molecule has 3 rings (SSSR count). The lowest BCUT2D eigenvalue weighted by molar-refractivity contribution is -0.137. The largest absolute Gasteiger partial charge is 0.496 e. The van der Waals surface area contributed by atoms with E-state index in [0.717, 1.165) is 25.1 Å². The molecule has 1 unspecified atom stereocenters. The molecule has 1 fully saturated rings. The van der Waals surface area contributed by atoms with Crippen molar-refractivity contribution >= 4 is 11.6 Å². The zero-order chi connectivity index (χ0) is 20.3. The van der Waals surface area contributed by atoms with E-state index >= 15 is 0 Å². The molecule has 0 aromatic heterocycles. The Morgan fingerprint density at radius 3 is 2.57 bits per heavy atom. The SMILES string of the molecule is COc1ccc(F)cc1C(c1cc(C(F)(F)F)ccc1Cl)N1CCCNCC1. The Morgan fingerprint density at radius 1 is 1.07 bits per heavy atom. The van der Waals surface area contributed by atoms with Gasteiger partial charge in [0.2, 0.25) is 0 Å². The molecule has 1 N–H and O–H groups in total. The maximum Gasteiger partial charge on any atom is 0.416 e. The number of methoxy groups -OCH3 is 1. The molecule has 1 heterocycles. The van der Waals surface area contributed by atoms with Crippen molar-refractivity contribution in [1.82, 2.24) is 10.2 Å². The van der Waals surface area contributed by atoms with Gasteiger partial charge in [0.1, 0.15) is 11.6 Å². The molecule has 28 heavy (non-hydrogen) atoms. The second-order valence-electron chi connectivity index (χ2n) is 6.66. The van der Waals surface area contributed by atoms with Crippen LogP contribution in [0.15, 0.2) is 36.4 Å². The summed E-state index contributed by atoms with van der Waals surface area (Å²) in [5.41, 5.74) is -0.0619. The number of nitrogens with zero attached hydrogens (tertiary/aromatic N) is 1. The van der Waals surface area contributed by atoms with Crippen LogP contribution in [0.1, 0.15) is 29.2 Å². The van der Waals surface area contributed by atoms with Gasteiger partial charge in [-0.15, -0.1) is 0 Å². The molecule has 0 bridgehead atoms. The molecule has 0 amide bonds. The van der Waals surface area contributed by atoms with Crippen LogP contribution >= 0.6 is 11.6 Å². The average molecular weight is 417 g/mol. The Bertz CT molecular complexity index is 820. The first kappa shape index (κ1) is 20.9. The van der Waals surface area contributed by atoms with Gasteiger partial charge in [-0.1, -0.05) is 11.6 Å². The van der Waals surface area contributed by atoms with Crippen molar-refractivity contribution in [3.05, 3.63) is 63.9 Å². The molecule has 2 aromatic rings. The smallest absolute Gasteiger partial charge is 0.416 e. The predicted octanol–water partition coefficient (Wildman–Crippen LogP) is 4.89. The van der Waals surface area contributed by atoms with Gasteiger partial charge < -0.3 is 10.1 Å². The first-order valence-electron chi connectivity index (χ1n) is 8.96. The fourth-order valence-electron chi connectivity index (χ4n) is 3.53. The van der Waals surface area contributed by atoms with Gasteiger partial charge in [-0.3, -0.25) is 4.90 Å². The standard InChI is InChI=1S/C20H21ClF4N2O/c1-28-18-6-4-14(22)12-16(18)19(27-9-2-7-26-8-10-27)15-11-13(20(23,24)25)3-5-17(15)21/h3-6,11-12,19,26H,2,7-10H2,1H3. The van der Waals surface area contributed by atoms with Crippen LogP contribution in [0.5, 0.6) is 5.75 Å². The number of hydrogen-bond acceptors (Lipinski definition) is 3. The maximum absolute atomic E-state index is 14.1. The second kappa shape index (κ2) is 8.68. The third-order valence-corrected chi connectivity index (χ3v) is 5.19. The van der Waals surface area contributed by atoms with Gasteiger partial charge >= 0.3 is 6.18 Å². The third-order valence-electron chi connectivity index (χ3n) is 4.84. The highest BCUT2D eigenvalue weighted by atomic mass is 35.5. The molecule has 1 saturated heterocycles. The lowest BCUT2D eigenvalue weighted by atomic mass is 9.94. The van der Waals surface area contributed by atoms with E-state index in [0.29, 0.717) is 30.9 Å². The van der Waals surface area contributed by atoms with E-state index in [1.807, 2.05) is 4.90 Å². The zero-order valence-corrected chi connectivity index (χ0v) is 16.1. The minimum Gasteiger partial charge on any atom is -0.496 e. The van der Waals surface area contributed by atoms with Gasteiger partial charge in [0.05, 0.1) is 18.7 Å². The molecule has 3 nitrogen and oxygen atoms in total. The lowest BCUT2D eigenvalue weighted by Crippen LogP contribution is -2.33. The van der Waals surface area contributed by atoms with Crippen molar-refractivity contribution < 1.29 is 22.3 Å². The van der Waals surface area contributed by atoms with Gasteiger partial charge in [0, 0.05) is 30.2 Å². The lowest BCUT2D eigenvalue weighted by Gasteiger charge is -2.33. The summed E-state index contributed by atoms with van der Waals surface area (Å²) in [5.74, 6) is -0.0890. The van der Waals surface area contributed by atoms with E-state index in [1.165, 1.54) is 31.4 Å². The highest BCUT2D eigenvalue weighted by Gasteiger charge is 2.34. The van der Waals surface area contributed by atoms with Crippen LogP contribution in [0.25, 0.3) is 0 Å². The first-order valence-corrected chi connectivity index (χ1v) is 9.34. The molecule has 152 valence electrons. The Hall–Kier alpha value is -1.83. The summed E-state index contributed by atoms with van der Waals surface area (Å²) in [6, 6.07) is 6.63. The molecule has 0 radical (unpaired) electrons. The summed E-state index contributed by atoms with van der Waals surface area (Å²) >= 11 is 6.34. The van der Waals surface area contributed by atoms with Crippen molar-refractivity contribution in [3.63, 3.8) is 0 Å². The molecule has 1 aliphatic heterocycles. The molecule has 0 spiro atoms. The molecule has 0 aliphatic carbocycles. The topological polar surface area (TPSA) is 24.5 Å². The molecule has 2 aromatic carbocycles. The average Bonchev–Trinajstić information content (AvgIpc) is 2.92. The Morgan fingerprint density at radius 2 is 1.86 bits per heavy atom. The quantitative estimate of drug-likeness (QED) is 0.718. The van der Waals surface area contributed by atoms with Crippen LogP contribution in [-0.2, 0) is 6.18 Å². The Labute approximate surface area is 166 Å². The van der Waals surface area contributed by atoms with Gasteiger partial charge in [0.25, 0.3) is 0 Å². The van der Waals surface area contributed by atoms with E-state index in [1.54, 1.807) is 0 Å². The number of rotatable bonds is 4. The number of ether oxygens (including phenoxy) is 1. The summed E-state index contributed by atoms with van der Waals surface area (Å²) < 4.78 is 59.5. The van der Waals surface area contributed by atoms with E-state index in [4.69, 9.17) is 16.3 Å². The molecule has 1 aliphatic rings. The zero-order valence-electron chi connectivity index (χ0n) is 15.3. The van der Waals surface area contributed by atoms with Crippen LogP contribution in [0, 0.1) is 5.82 Å². The van der Waals surface area contributed by atoms with E-state index in [2.05, 4.69) is 5.32 Å².